The van der Waals surface area contributed by atoms with Gasteiger partial charge in [-0.05, 0) is 61.9 Å². The molecule has 112 valence electrons. The fraction of sp³-hybridized carbons (Fsp3) is 0.647. The van der Waals surface area contributed by atoms with Crippen molar-refractivity contribution in [2.45, 2.75) is 52.0 Å². The Balaban J connectivity index is 1.83. The molecule has 3 heteroatoms. The van der Waals surface area contributed by atoms with Gasteiger partial charge in [-0.25, -0.2) is 0 Å². The zero-order valence-electron chi connectivity index (χ0n) is 12.5. The van der Waals surface area contributed by atoms with Crippen molar-refractivity contribution in [2.75, 3.05) is 6.54 Å². The van der Waals surface area contributed by atoms with Gasteiger partial charge in [-0.1, -0.05) is 49.4 Å². The third kappa shape index (κ3) is 4.38. The van der Waals surface area contributed by atoms with Crippen molar-refractivity contribution in [2.24, 2.45) is 11.8 Å². The molecule has 1 N–H and O–H groups in total. The molecule has 1 saturated carbocycles. The summed E-state index contributed by atoms with van der Waals surface area (Å²) in [7, 11) is 0. The van der Waals surface area contributed by atoms with Crippen LogP contribution in [-0.2, 0) is 0 Å². The minimum Gasteiger partial charge on any atom is -0.310 e. The molecule has 0 saturated heterocycles. The maximum Gasteiger partial charge on any atom is 0.0454 e. The molecule has 0 bridgehead atoms. The lowest BCUT2D eigenvalue weighted by atomic mass is 9.81. The molecule has 1 aliphatic carbocycles. The summed E-state index contributed by atoms with van der Waals surface area (Å²) in [5.41, 5.74) is 1.10. The van der Waals surface area contributed by atoms with Gasteiger partial charge >= 0.3 is 0 Å². The molecule has 1 fully saturated rings. The summed E-state index contributed by atoms with van der Waals surface area (Å²) in [6.07, 6.45) is 6.86. The van der Waals surface area contributed by atoms with Crippen LogP contribution in [-0.4, -0.2) is 6.54 Å². The SMILES string of the molecule is CCC1CCC(CNC(C)c2cc(Cl)ccc2Cl)CC1. The van der Waals surface area contributed by atoms with E-state index in [4.69, 9.17) is 23.2 Å². The third-order valence-corrected chi connectivity index (χ3v) is 5.26. The zero-order chi connectivity index (χ0) is 14.5. The van der Waals surface area contributed by atoms with E-state index in [9.17, 15) is 0 Å². The fourth-order valence-electron chi connectivity index (χ4n) is 3.14. The van der Waals surface area contributed by atoms with Gasteiger partial charge in [-0.15, -0.1) is 0 Å². The van der Waals surface area contributed by atoms with Crippen LogP contribution in [0.3, 0.4) is 0 Å². The molecule has 1 aromatic rings. The van der Waals surface area contributed by atoms with Crippen LogP contribution in [0, 0.1) is 11.8 Å². The second kappa shape index (κ2) is 7.68. The first kappa shape index (κ1) is 16.1. The van der Waals surface area contributed by atoms with Gasteiger partial charge in [0, 0.05) is 16.1 Å². The molecule has 1 unspecified atom stereocenters. The third-order valence-electron chi connectivity index (χ3n) is 4.68. The van der Waals surface area contributed by atoms with Crippen molar-refractivity contribution in [3.63, 3.8) is 0 Å². The van der Waals surface area contributed by atoms with Gasteiger partial charge in [0.25, 0.3) is 0 Å². The van der Waals surface area contributed by atoms with E-state index in [0.717, 1.165) is 34.0 Å². The molecule has 2 rings (SSSR count). The van der Waals surface area contributed by atoms with Gasteiger partial charge < -0.3 is 5.32 Å². The number of benzene rings is 1. The summed E-state index contributed by atoms with van der Waals surface area (Å²) < 4.78 is 0. The maximum atomic E-state index is 6.25. The number of hydrogen-bond donors (Lipinski definition) is 1. The highest BCUT2D eigenvalue weighted by molar-refractivity contribution is 6.33. The second-order valence-corrected chi connectivity index (χ2v) is 6.93. The van der Waals surface area contributed by atoms with Crippen LogP contribution in [0.1, 0.15) is 57.6 Å². The van der Waals surface area contributed by atoms with Crippen LogP contribution in [0.4, 0.5) is 0 Å². The lowest BCUT2D eigenvalue weighted by Gasteiger charge is -2.29. The lowest BCUT2D eigenvalue weighted by Crippen LogP contribution is -2.28. The summed E-state index contributed by atoms with van der Waals surface area (Å²) in [5, 5.41) is 5.17. The predicted molar refractivity (Wildman–Crippen MR) is 88.6 cm³/mol. The highest BCUT2D eigenvalue weighted by Gasteiger charge is 2.20. The van der Waals surface area contributed by atoms with Crippen LogP contribution in [0.2, 0.25) is 10.0 Å². The molecule has 0 radical (unpaired) electrons. The standard InChI is InChI=1S/C17H25Cl2N/c1-3-13-4-6-14(7-5-13)11-20-12(2)16-10-15(18)8-9-17(16)19/h8-10,12-14,20H,3-7,11H2,1-2H3. The topological polar surface area (TPSA) is 12.0 Å². The molecular formula is C17H25Cl2N. The largest absolute Gasteiger partial charge is 0.310 e. The average molecular weight is 314 g/mol. The normalized spacial score (nSPS) is 24.6. The van der Waals surface area contributed by atoms with Gasteiger partial charge in [0.2, 0.25) is 0 Å². The molecule has 1 nitrogen and oxygen atoms in total. The molecule has 0 aliphatic heterocycles. The van der Waals surface area contributed by atoms with Crippen molar-refractivity contribution < 1.29 is 0 Å². The Morgan fingerprint density at radius 2 is 1.80 bits per heavy atom. The molecule has 0 amide bonds. The van der Waals surface area contributed by atoms with E-state index in [0.29, 0.717) is 0 Å². The molecule has 0 heterocycles. The first-order valence-electron chi connectivity index (χ1n) is 7.78. The van der Waals surface area contributed by atoms with Crippen molar-refractivity contribution in [1.82, 2.24) is 5.32 Å². The first-order valence-corrected chi connectivity index (χ1v) is 8.54. The number of rotatable bonds is 5. The zero-order valence-corrected chi connectivity index (χ0v) is 14.0. The summed E-state index contributed by atoms with van der Waals surface area (Å²) in [4.78, 5) is 0. The van der Waals surface area contributed by atoms with E-state index in [1.54, 1.807) is 0 Å². The first-order chi connectivity index (χ1) is 9.60. The van der Waals surface area contributed by atoms with E-state index in [2.05, 4.69) is 19.2 Å². The molecule has 1 atom stereocenters. The smallest absolute Gasteiger partial charge is 0.0454 e. The molecule has 0 spiro atoms. The van der Waals surface area contributed by atoms with Crippen LogP contribution < -0.4 is 5.32 Å². The van der Waals surface area contributed by atoms with Gasteiger partial charge in [0.05, 0.1) is 0 Å². The van der Waals surface area contributed by atoms with Crippen molar-refractivity contribution in [3.8, 4) is 0 Å². The van der Waals surface area contributed by atoms with Crippen molar-refractivity contribution in [3.05, 3.63) is 33.8 Å². The van der Waals surface area contributed by atoms with Crippen LogP contribution in [0.5, 0.6) is 0 Å². The summed E-state index contributed by atoms with van der Waals surface area (Å²) in [6.45, 7) is 5.56. The molecule has 1 aromatic carbocycles. The van der Waals surface area contributed by atoms with E-state index < -0.39 is 0 Å². The second-order valence-electron chi connectivity index (χ2n) is 6.09. The Morgan fingerprint density at radius 3 is 2.45 bits per heavy atom. The van der Waals surface area contributed by atoms with Gasteiger partial charge in [0.15, 0.2) is 0 Å². The fourth-order valence-corrected chi connectivity index (χ4v) is 3.61. The van der Waals surface area contributed by atoms with Crippen LogP contribution >= 0.6 is 23.2 Å². The lowest BCUT2D eigenvalue weighted by molar-refractivity contribution is 0.258. The summed E-state index contributed by atoms with van der Waals surface area (Å²) in [6, 6.07) is 5.94. The van der Waals surface area contributed by atoms with E-state index in [1.165, 1.54) is 32.1 Å². The number of halogens is 2. The van der Waals surface area contributed by atoms with E-state index in [-0.39, 0.29) is 6.04 Å². The monoisotopic (exact) mass is 313 g/mol. The van der Waals surface area contributed by atoms with E-state index in [1.807, 2.05) is 18.2 Å². The molecule has 0 aromatic heterocycles. The predicted octanol–water partition coefficient (Wildman–Crippen LogP) is 5.86. The van der Waals surface area contributed by atoms with Crippen molar-refractivity contribution >= 4 is 23.2 Å². The average Bonchev–Trinajstić information content (AvgIpc) is 2.47. The van der Waals surface area contributed by atoms with Crippen LogP contribution in [0.15, 0.2) is 18.2 Å². The van der Waals surface area contributed by atoms with Crippen molar-refractivity contribution in [1.29, 1.82) is 0 Å². The summed E-state index contributed by atoms with van der Waals surface area (Å²) in [5.74, 6) is 1.78. The van der Waals surface area contributed by atoms with E-state index >= 15 is 0 Å². The maximum absolute atomic E-state index is 6.25. The highest BCUT2D eigenvalue weighted by atomic mass is 35.5. The van der Waals surface area contributed by atoms with Crippen LogP contribution in [0.25, 0.3) is 0 Å². The highest BCUT2D eigenvalue weighted by Crippen LogP contribution is 2.31. The Morgan fingerprint density at radius 1 is 1.15 bits per heavy atom. The minimum atomic E-state index is 0.255. The molecule has 1 aliphatic rings. The van der Waals surface area contributed by atoms with Gasteiger partial charge in [-0.3, -0.25) is 0 Å². The molecule has 20 heavy (non-hydrogen) atoms. The van der Waals surface area contributed by atoms with Gasteiger partial charge in [-0.2, -0.15) is 0 Å². The number of nitrogens with one attached hydrogen (secondary N) is 1. The number of hydrogen-bond acceptors (Lipinski definition) is 1. The van der Waals surface area contributed by atoms with Gasteiger partial charge in [0.1, 0.15) is 0 Å². The minimum absolute atomic E-state index is 0.255. The quantitative estimate of drug-likeness (QED) is 0.717. The summed E-state index contributed by atoms with van der Waals surface area (Å²) >= 11 is 12.3. The Hall–Kier alpha value is -0.240. The Labute approximate surface area is 133 Å². The molecular weight excluding hydrogens is 289 g/mol. The Bertz CT molecular complexity index is 425. The Kier molecular flexibility index (Phi) is 6.20.